The molecule has 0 radical (unpaired) electrons. The molecule has 2 aromatic rings. The number of carboxylic acids is 1. The summed E-state index contributed by atoms with van der Waals surface area (Å²) in [6.07, 6.45) is 0. The number of fused-ring (bicyclic) bond motifs is 1. The Hall–Kier alpha value is -3.68. The minimum Gasteiger partial charge on any atom is -0.491 e. The first-order valence-corrected chi connectivity index (χ1v) is 7.12. The molecule has 3 rings (SSSR count). The summed E-state index contributed by atoms with van der Waals surface area (Å²) >= 11 is 0. The van der Waals surface area contributed by atoms with E-state index >= 15 is 0 Å². The van der Waals surface area contributed by atoms with Crippen molar-refractivity contribution in [3.63, 3.8) is 0 Å². The number of nitrogens with two attached hydrogens (primary N) is 2. The number of nitrogen functional groups attached to an aromatic ring is 1. The molecule has 126 valence electrons. The van der Waals surface area contributed by atoms with Gasteiger partial charge in [-0.25, -0.2) is 9.78 Å². The van der Waals surface area contributed by atoms with E-state index in [1.54, 1.807) is 0 Å². The second-order valence-electron chi connectivity index (χ2n) is 5.31. The number of methoxy groups -OCH3 is 1. The van der Waals surface area contributed by atoms with E-state index in [-0.39, 0.29) is 34.0 Å². The number of rotatable bonds is 3. The van der Waals surface area contributed by atoms with Crippen molar-refractivity contribution in [3.8, 4) is 11.3 Å². The van der Waals surface area contributed by atoms with E-state index in [1.807, 2.05) is 0 Å². The summed E-state index contributed by atoms with van der Waals surface area (Å²) in [5.74, 6) is -2.48. The lowest BCUT2D eigenvalue weighted by molar-refractivity contribution is 0.0697. The molecule has 1 aromatic heterocycles. The highest BCUT2D eigenvalue weighted by Gasteiger charge is 2.33. The third kappa shape index (κ3) is 2.49. The van der Waals surface area contributed by atoms with Crippen LogP contribution in [0.1, 0.15) is 31.2 Å². The maximum Gasteiger partial charge on any atom is 0.337 e. The minimum absolute atomic E-state index is 0.0371. The number of aromatic nitrogens is 1. The first-order valence-electron chi connectivity index (χ1n) is 7.12. The van der Waals surface area contributed by atoms with E-state index in [4.69, 9.17) is 21.3 Å². The number of anilines is 1. The molecule has 0 spiro atoms. The third-order valence-electron chi connectivity index (χ3n) is 3.83. The molecule has 1 heterocycles. The molecular formula is C17H13N3O5. The number of Topliss-reactive ketones (excluding diaryl/α,β-unsaturated/α-hetero) is 2. The molecule has 8 heteroatoms. The van der Waals surface area contributed by atoms with Gasteiger partial charge in [0.2, 0.25) is 11.6 Å². The SMILES string of the molecule is COC1=C(N)C(=O)c2nc(-c3ccc(C(=O)O)c(N)c3)ccc2C1=O. The van der Waals surface area contributed by atoms with Crippen LogP contribution in [0.15, 0.2) is 41.8 Å². The Morgan fingerprint density at radius 3 is 2.44 bits per heavy atom. The summed E-state index contributed by atoms with van der Waals surface area (Å²) in [6.45, 7) is 0. The average molecular weight is 339 g/mol. The molecule has 0 unspecified atom stereocenters. The molecule has 1 aromatic carbocycles. The molecule has 0 saturated heterocycles. The Labute approximate surface area is 141 Å². The van der Waals surface area contributed by atoms with Crippen LogP contribution in [-0.4, -0.2) is 34.7 Å². The van der Waals surface area contributed by atoms with Gasteiger partial charge in [-0.2, -0.15) is 0 Å². The largest absolute Gasteiger partial charge is 0.491 e. The molecule has 0 saturated carbocycles. The van der Waals surface area contributed by atoms with Crippen LogP contribution in [0.5, 0.6) is 0 Å². The number of benzene rings is 1. The van der Waals surface area contributed by atoms with Crippen molar-refractivity contribution in [2.24, 2.45) is 5.73 Å². The van der Waals surface area contributed by atoms with E-state index in [2.05, 4.69) is 4.98 Å². The highest BCUT2D eigenvalue weighted by Crippen LogP contribution is 2.28. The number of nitrogens with zero attached hydrogens (tertiary/aromatic N) is 1. The quantitative estimate of drug-likeness (QED) is 0.708. The molecule has 0 bridgehead atoms. The van der Waals surface area contributed by atoms with Gasteiger partial charge < -0.3 is 21.3 Å². The minimum atomic E-state index is -1.15. The molecule has 5 N–H and O–H groups in total. The van der Waals surface area contributed by atoms with Crippen molar-refractivity contribution in [1.82, 2.24) is 4.98 Å². The zero-order valence-corrected chi connectivity index (χ0v) is 13.1. The van der Waals surface area contributed by atoms with Crippen molar-refractivity contribution >= 4 is 23.2 Å². The van der Waals surface area contributed by atoms with Gasteiger partial charge in [0, 0.05) is 11.3 Å². The van der Waals surface area contributed by atoms with Crippen molar-refractivity contribution in [3.05, 3.63) is 58.6 Å². The first kappa shape index (κ1) is 16.2. The Kier molecular flexibility index (Phi) is 3.72. The van der Waals surface area contributed by atoms with E-state index in [0.717, 1.165) is 0 Å². The van der Waals surface area contributed by atoms with Crippen LogP contribution in [0.4, 0.5) is 5.69 Å². The smallest absolute Gasteiger partial charge is 0.337 e. The molecule has 0 atom stereocenters. The van der Waals surface area contributed by atoms with E-state index in [9.17, 15) is 14.4 Å². The van der Waals surface area contributed by atoms with Crippen molar-refractivity contribution in [2.75, 3.05) is 12.8 Å². The third-order valence-corrected chi connectivity index (χ3v) is 3.83. The molecule has 0 amide bonds. The maximum atomic E-state index is 12.3. The Morgan fingerprint density at radius 1 is 1.12 bits per heavy atom. The summed E-state index contributed by atoms with van der Waals surface area (Å²) in [7, 11) is 1.26. The van der Waals surface area contributed by atoms with Gasteiger partial charge in [0.05, 0.1) is 23.9 Å². The predicted octanol–water partition coefficient (Wildman–Crippen LogP) is 1.22. The zero-order chi connectivity index (χ0) is 18.3. The lowest BCUT2D eigenvalue weighted by Crippen LogP contribution is -2.28. The maximum absolute atomic E-state index is 12.3. The molecule has 25 heavy (non-hydrogen) atoms. The lowest BCUT2D eigenvalue weighted by Gasteiger charge is -2.17. The Morgan fingerprint density at radius 2 is 1.84 bits per heavy atom. The molecule has 8 nitrogen and oxygen atoms in total. The van der Waals surface area contributed by atoms with Gasteiger partial charge in [-0.1, -0.05) is 6.07 Å². The second kappa shape index (κ2) is 5.75. The van der Waals surface area contributed by atoms with Crippen molar-refractivity contribution in [1.29, 1.82) is 0 Å². The first-order chi connectivity index (χ1) is 11.8. The number of carbonyl (C=O) groups is 3. The number of carboxylic acid groups (broad SMARTS) is 1. The van der Waals surface area contributed by atoms with Crippen molar-refractivity contribution in [2.45, 2.75) is 0 Å². The number of hydrogen-bond donors (Lipinski definition) is 3. The van der Waals surface area contributed by atoms with Gasteiger partial charge in [0.15, 0.2) is 5.76 Å². The van der Waals surface area contributed by atoms with E-state index < -0.39 is 17.5 Å². The van der Waals surface area contributed by atoms with E-state index in [0.29, 0.717) is 11.3 Å². The van der Waals surface area contributed by atoms with Gasteiger partial charge in [-0.3, -0.25) is 9.59 Å². The van der Waals surface area contributed by atoms with Crippen LogP contribution in [0.2, 0.25) is 0 Å². The van der Waals surface area contributed by atoms with Crippen molar-refractivity contribution < 1.29 is 24.2 Å². The number of ether oxygens (including phenoxy) is 1. The molecule has 0 aliphatic heterocycles. The summed E-state index contributed by atoms with van der Waals surface area (Å²) < 4.78 is 4.89. The van der Waals surface area contributed by atoms with Crippen LogP contribution in [0.3, 0.4) is 0 Å². The van der Waals surface area contributed by atoms with Crippen LogP contribution in [0, 0.1) is 0 Å². The molecule has 1 aliphatic carbocycles. The normalized spacial score (nSPS) is 13.6. The molecule has 0 fully saturated rings. The highest BCUT2D eigenvalue weighted by molar-refractivity contribution is 6.25. The van der Waals surface area contributed by atoms with E-state index in [1.165, 1.54) is 37.4 Å². The average Bonchev–Trinajstić information content (AvgIpc) is 2.59. The Balaban J connectivity index is 2.11. The van der Waals surface area contributed by atoms with Gasteiger partial charge in [-0.15, -0.1) is 0 Å². The van der Waals surface area contributed by atoms with Crippen LogP contribution in [-0.2, 0) is 4.74 Å². The fraction of sp³-hybridized carbons (Fsp3) is 0.0588. The topological polar surface area (TPSA) is 146 Å². The van der Waals surface area contributed by atoms with Gasteiger partial charge in [-0.05, 0) is 24.3 Å². The summed E-state index contributed by atoms with van der Waals surface area (Å²) in [5.41, 5.74) is 12.0. The Bertz CT molecular complexity index is 978. The highest BCUT2D eigenvalue weighted by atomic mass is 16.5. The van der Waals surface area contributed by atoms with Gasteiger partial charge >= 0.3 is 5.97 Å². The number of hydrogen-bond acceptors (Lipinski definition) is 7. The number of carbonyl (C=O) groups excluding carboxylic acids is 2. The number of allylic oxidation sites excluding steroid dienone is 2. The van der Waals surface area contributed by atoms with Crippen LogP contribution < -0.4 is 11.5 Å². The predicted molar refractivity (Wildman–Crippen MR) is 87.9 cm³/mol. The zero-order valence-electron chi connectivity index (χ0n) is 13.1. The van der Waals surface area contributed by atoms with Crippen LogP contribution >= 0.6 is 0 Å². The second-order valence-corrected chi connectivity index (χ2v) is 5.31. The van der Waals surface area contributed by atoms with Gasteiger partial charge in [0.25, 0.3) is 0 Å². The van der Waals surface area contributed by atoms with Crippen LogP contribution in [0.25, 0.3) is 11.3 Å². The number of ketones is 2. The molecule has 1 aliphatic rings. The summed E-state index contributed by atoms with van der Waals surface area (Å²) in [4.78, 5) is 39.9. The fourth-order valence-electron chi connectivity index (χ4n) is 2.57. The number of aromatic carboxylic acids is 1. The summed E-state index contributed by atoms with van der Waals surface area (Å²) in [6, 6.07) is 7.29. The number of pyridine rings is 1. The van der Waals surface area contributed by atoms with Gasteiger partial charge in [0.1, 0.15) is 11.4 Å². The molecular weight excluding hydrogens is 326 g/mol. The standard InChI is InChI=1S/C17H13N3O5/c1-25-16-12(19)15(22)13-9(14(16)21)4-5-11(20-13)7-2-3-8(17(23)24)10(18)6-7/h2-6H,18-19H2,1H3,(H,23,24). The lowest BCUT2D eigenvalue weighted by atomic mass is 9.94. The fourth-order valence-corrected chi connectivity index (χ4v) is 2.57. The monoisotopic (exact) mass is 339 g/mol. The summed E-state index contributed by atoms with van der Waals surface area (Å²) in [5, 5.41) is 9.02.